The molecule has 120 valence electrons. The number of ether oxygens (including phenoxy) is 2. The highest BCUT2D eigenvalue weighted by Crippen LogP contribution is 2.12. The Morgan fingerprint density at radius 3 is 2.14 bits per heavy atom. The minimum atomic E-state index is -0.222. The lowest BCUT2D eigenvalue weighted by molar-refractivity contribution is -0.119. The van der Waals surface area contributed by atoms with Crippen LogP contribution < -0.4 is 5.32 Å². The first kappa shape index (κ1) is 18.1. The highest BCUT2D eigenvalue weighted by Gasteiger charge is 2.15. The summed E-state index contributed by atoms with van der Waals surface area (Å²) in [6.45, 7) is 10.4. The van der Waals surface area contributed by atoms with E-state index in [1.54, 1.807) is 14.2 Å². The van der Waals surface area contributed by atoms with Crippen LogP contribution in [0.5, 0.6) is 0 Å². The number of nitrogens with zero attached hydrogens (tertiary/aromatic N) is 1. The van der Waals surface area contributed by atoms with Gasteiger partial charge in [-0.3, -0.25) is 4.90 Å². The average molecular weight is 294 g/mol. The Labute approximate surface area is 129 Å². The summed E-state index contributed by atoms with van der Waals surface area (Å²) < 4.78 is 10.6. The molecule has 0 heterocycles. The molecule has 0 saturated carbocycles. The number of methoxy groups -OCH3 is 2. The molecule has 1 N–H and O–H groups in total. The van der Waals surface area contributed by atoms with E-state index < -0.39 is 0 Å². The van der Waals surface area contributed by atoms with Crippen molar-refractivity contribution in [2.75, 3.05) is 27.3 Å². The van der Waals surface area contributed by atoms with E-state index in [1.807, 2.05) is 0 Å². The average Bonchev–Trinajstić information content (AvgIpc) is 2.52. The standard InChI is InChI=1S/C17H30N2O2/c1-6-19(7-2)13-16-11-9-8-10-15(16)12-18-14(3)17(20-4)21-5/h8-11,14,17-18H,6-7,12-13H2,1-5H3. The van der Waals surface area contributed by atoms with Gasteiger partial charge in [0.1, 0.15) is 0 Å². The normalized spacial score (nSPS) is 13.1. The van der Waals surface area contributed by atoms with Gasteiger partial charge in [0.2, 0.25) is 0 Å². The third kappa shape index (κ3) is 5.75. The topological polar surface area (TPSA) is 33.7 Å². The fourth-order valence-corrected chi connectivity index (χ4v) is 2.44. The van der Waals surface area contributed by atoms with Crippen LogP contribution in [0.15, 0.2) is 24.3 Å². The molecule has 0 aromatic heterocycles. The SMILES string of the molecule is CCN(CC)Cc1ccccc1CNC(C)C(OC)OC. The molecule has 0 aliphatic heterocycles. The third-order valence-electron chi connectivity index (χ3n) is 3.89. The minimum Gasteiger partial charge on any atom is -0.354 e. The maximum Gasteiger partial charge on any atom is 0.171 e. The number of rotatable bonds is 10. The van der Waals surface area contributed by atoms with Gasteiger partial charge in [-0.1, -0.05) is 38.1 Å². The minimum absolute atomic E-state index is 0.140. The molecule has 0 radical (unpaired) electrons. The molecule has 0 amide bonds. The van der Waals surface area contributed by atoms with Crippen LogP contribution in [0.1, 0.15) is 31.9 Å². The number of hydrogen-bond donors (Lipinski definition) is 1. The lowest BCUT2D eigenvalue weighted by Gasteiger charge is -2.24. The van der Waals surface area contributed by atoms with Crippen molar-refractivity contribution in [1.82, 2.24) is 10.2 Å². The second-order valence-electron chi connectivity index (χ2n) is 5.24. The summed E-state index contributed by atoms with van der Waals surface area (Å²) in [5.74, 6) is 0. The maximum absolute atomic E-state index is 5.29. The van der Waals surface area contributed by atoms with Gasteiger partial charge >= 0.3 is 0 Å². The van der Waals surface area contributed by atoms with Crippen molar-refractivity contribution in [3.05, 3.63) is 35.4 Å². The molecule has 0 aliphatic carbocycles. The molecule has 0 saturated heterocycles. The molecule has 1 atom stereocenters. The van der Waals surface area contributed by atoms with Crippen molar-refractivity contribution >= 4 is 0 Å². The number of nitrogens with one attached hydrogen (secondary N) is 1. The molecule has 1 aromatic rings. The van der Waals surface area contributed by atoms with E-state index in [0.29, 0.717) is 0 Å². The second kappa shape index (κ2) is 9.90. The Balaban J connectivity index is 2.66. The van der Waals surface area contributed by atoms with Crippen LogP contribution in [0.25, 0.3) is 0 Å². The number of benzene rings is 1. The predicted molar refractivity (Wildman–Crippen MR) is 87.2 cm³/mol. The zero-order valence-corrected chi connectivity index (χ0v) is 14.1. The van der Waals surface area contributed by atoms with Crippen molar-refractivity contribution < 1.29 is 9.47 Å². The van der Waals surface area contributed by atoms with Crippen molar-refractivity contribution in [1.29, 1.82) is 0 Å². The monoisotopic (exact) mass is 294 g/mol. The Bertz CT molecular complexity index is 390. The first-order chi connectivity index (χ1) is 10.2. The second-order valence-corrected chi connectivity index (χ2v) is 5.24. The molecule has 4 heteroatoms. The van der Waals surface area contributed by atoms with Gasteiger partial charge < -0.3 is 14.8 Å². The lowest BCUT2D eigenvalue weighted by atomic mass is 10.1. The van der Waals surface area contributed by atoms with Gasteiger partial charge in [0.05, 0.1) is 6.04 Å². The highest BCUT2D eigenvalue weighted by molar-refractivity contribution is 5.27. The van der Waals surface area contributed by atoms with Crippen LogP contribution in [0.2, 0.25) is 0 Å². The molecular formula is C17H30N2O2. The summed E-state index contributed by atoms with van der Waals surface area (Å²) in [6, 6.07) is 8.75. The highest BCUT2D eigenvalue weighted by atomic mass is 16.7. The molecule has 0 aliphatic rings. The third-order valence-corrected chi connectivity index (χ3v) is 3.89. The van der Waals surface area contributed by atoms with Crippen LogP contribution in [0, 0.1) is 0 Å². The lowest BCUT2D eigenvalue weighted by Crippen LogP contribution is -2.39. The van der Waals surface area contributed by atoms with Gasteiger partial charge in [-0.2, -0.15) is 0 Å². The van der Waals surface area contributed by atoms with Crippen LogP contribution >= 0.6 is 0 Å². The molecule has 1 aromatic carbocycles. The summed E-state index contributed by atoms with van der Waals surface area (Å²) in [5, 5.41) is 3.48. The van der Waals surface area contributed by atoms with Crippen LogP contribution in [-0.2, 0) is 22.6 Å². The Hall–Kier alpha value is -0.940. The van der Waals surface area contributed by atoms with E-state index in [9.17, 15) is 0 Å². The fraction of sp³-hybridized carbons (Fsp3) is 0.647. The van der Waals surface area contributed by atoms with Gasteiger partial charge in [-0.25, -0.2) is 0 Å². The maximum atomic E-state index is 5.29. The van der Waals surface area contributed by atoms with Gasteiger partial charge in [-0.05, 0) is 31.1 Å². The van der Waals surface area contributed by atoms with E-state index in [-0.39, 0.29) is 12.3 Å². The fourth-order valence-electron chi connectivity index (χ4n) is 2.44. The largest absolute Gasteiger partial charge is 0.354 e. The zero-order chi connectivity index (χ0) is 15.7. The molecule has 4 nitrogen and oxygen atoms in total. The van der Waals surface area contributed by atoms with Crippen molar-refractivity contribution in [3.63, 3.8) is 0 Å². The predicted octanol–water partition coefficient (Wildman–Crippen LogP) is 2.63. The summed E-state index contributed by atoms with van der Waals surface area (Å²) in [6.07, 6.45) is -0.222. The zero-order valence-electron chi connectivity index (χ0n) is 14.1. The molecule has 1 unspecified atom stereocenters. The van der Waals surface area contributed by atoms with Gasteiger partial charge in [0.15, 0.2) is 6.29 Å². The summed E-state index contributed by atoms with van der Waals surface area (Å²) >= 11 is 0. The van der Waals surface area contributed by atoms with Crippen LogP contribution in [0.3, 0.4) is 0 Å². The first-order valence-corrected chi connectivity index (χ1v) is 7.74. The molecule has 21 heavy (non-hydrogen) atoms. The summed E-state index contributed by atoms with van der Waals surface area (Å²) in [5.41, 5.74) is 2.72. The van der Waals surface area contributed by atoms with Crippen LogP contribution in [0.4, 0.5) is 0 Å². The smallest absolute Gasteiger partial charge is 0.171 e. The van der Waals surface area contributed by atoms with E-state index in [0.717, 1.165) is 26.2 Å². The molecule has 1 rings (SSSR count). The van der Waals surface area contributed by atoms with Crippen molar-refractivity contribution in [3.8, 4) is 0 Å². The molecule has 0 fully saturated rings. The summed E-state index contributed by atoms with van der Waals surface area (Å²) in [4.78, 5) is 2.43. The quantitative estimate of drug-likeness (QED) is 0.673. The molecule has 0 spiro atoms. The Morgan fingerprint density at radius 2 is 1.62 bits per heavy atom. The van der Waals surface area contributed by atoms with Crippen molar-refractivity contribution in [2.24, 2.45) is 0 Å². The Kier molecular flexibility index (Phi) is 8.54. The first-order valence-electron chi connectivity index (χ1n) is 7.74. The Morgan fingerprint density at radius 1 is 1.05 bits per heavy atom. The van der Waals surface area contributed by atoms with E-state index in [1.165, 1.54) is 11.1 Å². The van der Waals surface area contributed by atoms with Crippen LogP contribution in [-0.4, -0.2) is 44.5 Å². The van der Waals surface area contributed by atoms with E-state index in [2.05, 4.69) is 55.3 Å². The van der Waals surface area contributed by atoms with Gasteiger partial charge in [-0.15, -0.1) is 0 Å². The molecule has 0 bridgehead atoms. The van der Waals surface area contributed by atoms with E-state index in [4.69, 9.17) is 9.47 Å². The molecular weight excluding hydrogens is 264 g/mol. The van der Waals surface area contributed by atoms with E-state index >= 15 is 0 Å². The van der Waals surface area contributed by atoms with Gasteiger partial charge in [0.25, 0.3) is 0 Å². The van der Waals surface area contributed by atoms with Crippen molar-refractivity contribution in [2.45, 2.75) is 46.2 Å². The number of hydrogen-bond acceptors (Lipinski definition) is 4. The summed E-state index contributed by atoms with van der Waals surface area (Å²) in [7, 11) is 3.33. The van der Waals surface area contributed by atoms with Gasteiger partial charge in [0, 0.05) is 27.3 Å².